The zero-order valence-electron chi connectivity index (χ0n) is 15.2. The summed E-state index contributed by atoms with van der Waals surface area (Å²) in [7, 11) is 2.01. The molecule has 1 N–H and O–H groups in total. The molecule has 6 nitrogen and oxygen atoms in total. The molecule has 2 unspecified atom stereocenters. The van der Waals surface area contributed by atoms with E-state index in [0.717, 1.165) is 50.8 Å². The van der Waals surface area contributed by atoms with Gasteiger partial charge in [-0.1, -0.05) is 0 Å². The van der Waals surface area contributed by atoms with Crippen molar-refractivity contribution >= 4 is 0 Å². The molecule has 0 spiro atoms. The number of nitrogens with zero attached hydrogens (tertiary/aromatic N) is 3. The molecule has 0 bridgehead atoms. The summed E-state index contributed by atoms with van der Waals surface area (Å²) >= 11 is 0. The average molecular weight is 344 g/mol. The van der Waals surface area contributed by atoms with E-state index in [4.69, 9.17) is 9.15 Å². The molecule has 1 aliphatic heterocycles. The highest BCUT2D eigenvalue weighted by Crippen LogP contribution is 2.30. The van der Waals surface area contributed by atoms with Crippen LogP contribution in [0.15, 0.2) is 22.7 Å². The third-order valence-electron chi connectivity index (χ3n) is 5.35. The quantitative estimate of drug-likeness (QED) is 0.902. The number of hydrogen-bond acceptors (Lipinski definition) is 5. The Kier molecular flexibility index (Phi) is 4.92. The fourth-order valence-electron chi connectivity index (χ4n) is 4.06. The van der Waals surface area contributed by atoms with Crippen LogP contribution < -0.4 is 5.32 Å². The Balaban J connectivity index is 1.49. The second-order valence-electron chi connectivity index (χ2n) is 7.17. The lowest BCUT2D eigenvalue weighted by molar-refractivity contribution is 0.0108. The Hall–Kier alpha value is -1.63. The maximum absolute atomic E-state index is 5.97. The van der Waals surface area contributed by atoms with Gasteiger partial charge in [0.05, 0.1) is 24.9 Å². The van der Waals surface area contributed by atoms with Crippen LogP contribution in [0.25, 0.3) is 0 Å². The second-order valence-corrected chi connectivity index (χ2v) is 7.17. The largest absolute Gasteiger partial charge is 0.465 e. The number of aromatic nitrogens is 2. The van der Waals surface area contributed by atoms with E-state index in [1.165, 1.54) is 24.1 Å². The predicted molar refractivity (Wildman–Crippen MR) is 95.5 cm³/mol. The standard InChI is InChI=1S/C19H28N4O2/c1-14-6-7-19(25-14)18(23-8-10-24-11-9-23)12-20-16-4-3-5-17-15(16)13-22(2)21-17/h6-7,13,16,18,20H,3-5,8-12H2,1-2H3. The van der Waals surface area contributed by atoms with Gasteiger partial charge in [-0.15, -0.1) is 0 Å². The minimum atomic E-state index is 0.250. The molecule has 2 atom stereocenters. The Morgan fingerprint density at radius 2 is 2.16 bits per heavy atom. The third kappa shape index (κ3) is 3.66. The van der Waals surface area contributed by atoms with E-state index >= 15 is 0 Å². The van der Waals surface area contributed by atoms with Crippen molar-refractivity contribution in [2.75, 3.05) is 32.8 Å². The highest BCUT2D eigenvalue weighted by atomic mass is 16.5. The lowest BCUT2D eigenvalue weighted by Crippen LogP contribution is -2.43. The SMILES string of the molecule is Cc1ccc(C(CNC2CCCc3nn(C)cc32)N2CCOCC2)o1. The molecule has 0 radical (unpaired) electrons. The highest BCUT2D eigenvalue weighted by Gasteiger charge is 2.28. The Morgan fingerprint density at radius 1 is 1.32 bits per heavy atom. The maximum Gasteiger partial charge on any atom is 0.122 e. The smallest absolute Gasteiger partial charge is 0.122 e. The number of nitrogens with one attached hydrogen (secondary N) is 1. The van der Waals surface area contributed by atoms with E-state index in [2.05, 4.69) is 33.6 Å². The molecule has 136 valence electrons. The zero-order chi connectivity index (χ0) is 17.2. The summed E-state index contributed by atoms with van der Waals surface area (Å²) in [5.41, 5.74) is 2.62. The van der Waals surface area contributed by atoms with Gasteiger partial charge in [0, 0.05) is 44.5 Å². The van der Waals surface area contributed by atoms with Gasteiger partial charge in [0.15, 0.2) is 0 Å². The van der Waals surface area contributed by atoms with Crippen molar-refractivity contribution in [3.05, 3.63) is 41.1 Å². The van der Waals surface area contributed by atoms with Crippen LogP contribution in [0.4, 0.5) is 0 Å². The van der Waals surface area contributed by atoms with E-state index in [1.54, 1.807) is 0 Å². The molecule has 2 aliphatic rings. The molecule has 3 heterocycles. The molecule has 2 aromatic rings. The molecule has 25 heavy (non-hydrogen) atoms. The summed E-state index contributed by atoms with van der Waals surface area (Å²) < 4.78 is 13.4. The molecular weight excluding hydrogens is 316 g/mol. The van der Waals surface area contributed by atoms with Crippen LogP contribution in [-0.4, -0.2) is 47.5 Å². The molecule has 1 saturated heterocycles. The lowest BCUT2D eigenvalue weighted by atomic mass is 9.93. The number of morpholine rings is 1. The lowest BCUT2D eigenvalue weighted by Gasteiger charge is -2.35. The number of rotatable bonds is 5. The molecule has 4 rings (SSSR count). The molecule has 0 amide bonds. The van der Waals surface area contributed by atoms with Crippen LogP contribution >= 0.6 is 0 Å². The maximum atomic E-state index is 5.97. The van der Waals surface area contributed by atoms with Gasteiger partial charge >= 0.3 is 0 Å². The van der Waals surface area contributed by atoms with Crippen molar-refractivity contribution in [2.45, 2.75) is 38.3 Å². The third-order valence-corrected chi connectivity index (χ3v) is 5.35. The van der Waals surface area contributed by atoms with Crippen molar-refractivity contribution in [3.63, 3.8) is 0 Å². The second kappa shape index (κ2) is 7.32. The first-order valence-electron chi connectivity index (χ1n) is 9.34. The van der Waals surface area contributed by atoms with Crippen molar-refractivity contribution in [3.8, 4) is 0 Å². The topological polar surface area (TPSA) is 55.5 Å². The van der Waals surface area contributed by atoms with Crippen molar-refractivity contribution in [2.24, 2.45) is 7.05 Å². The molecule has 0 saturated carbocycles. The van der Waals surface area contributed by atoms with Crippen molar-refractivity contribution in [1.29, 1.82) is 0 Å². The predicted octanol–water partition coefficient (Wildman–Crippen LogP) is 2.36. The highest BCUT2D eigenvalue weighted by molar-refractivity contribution is 5.24. The summed E-state index contributed by atoms with van der Waals surface area (Å²) in [6.45, 7) is 6.39. The Labute approximate surface area is 149 Å². The first-order chi connectivity index (χ1) is 12.2. The van der Waals surface area contributed by atoms with E-state index in [1.807, 2.05) is 18.7 Å². The van der Waals surface area contributed by atoms with Crippen LogP contribution in [0.1, 0.15) is 47.7 Å². The van der Waals surface area contributed by atoms with Crippen molar-refractivity contribution in [1.82, 2.24) is 20.0 Å². The molecule has 1 aliphatic carbocycles. The minimum absolute atomic E-state index is 0.250. The average Bonchev–Trinajstić information content (AvgIpc) is 3.21. The van der Waals surface area contributed by atoms with Crippen LogP contribution in [-0.2, 0) is 18.2 Å². The van der Waals surface area contributed by atoms with Gasteiger partial charge in [0.2, 0.25) is 0 Å². The number of fused-ring (bicyclic) bond motifs is 1. The fraction of sp³-hybridized carbons (Fsp3) is 0.632. The molecular formula is C19H28N4O2. The Morgan fingerprint density at radius 3 is 2.92 bits per heavy atom. The molecule has 1 fully saturated rings. The van der Waals surface area contributed by atoms with E-state index < -0.39 is 0 Å². The summed E-state index contributed by atoms with van der Waals surface area (Å²) in [4.78, 5) is 2.47. The molecule has 2 aromatic heterocycles. The zero-order valence-corrected chi connectivity index (χ0v) is 15.2. The van der Waals surface area contributed by atoms with Crippen molar-refractivity contribution < 1.29 is 9.15 Å². The number of aryl methyl sites for hydroxylation is 3. The van der Waals surface area contributed by atoms with E-state index in [-0.39, 0.29) is 6.04 Å². The van der Waals surface area contributed by atoms with Crippen LogP contribution in [0.2, 0.25) is 0 Å². The van der Waals surface area contributed by atoms with Crippen LogP contribution in [0.3, 0.4) is 0 Å². The fourth-order valence-corrected chi connectivity index (χ4v) is 4.06. The van der Waals surface area contributed by atoms with Gasteiger partial charge < -0.3 is 14.5 Å². The van der Waals surface area contributed by atoms with Crippen LogP contribution in [0.5, 0.6) is 0 Å². The number of ether oxygens (including phenoxy) is 1. The van der Waals surface area contributed by atoms with E-state index in [9.17, 15) is 0 Å². The van der Waals surface area contributed by atoms with Crippen LogP contribution in [0, 0.1) is 6.92 Å². The van der Waals surface area contributed by atoms with E-state index in [0.29, 0.717) is 6.04 Å². The monoisotopic (exact) mass is 344 g/mol. The molecule has 0 aromatic carbocycles. The minimum Gasteiger partial charge on any atom is -0.465 e. The molecule has 6 heteroatoms. The first-order valence-corrected chi connectivity index (χ1v) is 9.34. The van der Waals surface area contributed by atoms with Gasteiger partial charge in [0.25, 0.3) is 0 Å². The Bertz CT molecular complexity index is 702. The van der Waals surface area contributed by atoms with Gasteiger partial charge in [-0.2, -0.15) is 5.10 Å². The van der Waals surface area contributed by atoms with Gasteiger partial charge in [0.1, 0.15) is 11.5 Å². The summed E-state index contributed by atoms with van der Waals surface area (Å²) in [5, 5.41) is 8.41. The summed E-state index contributed by atoms with van der Waals surface area (Å²) in [6, 6.07) is 4.81. The summed E-state index contributed by atoms with van der Waals surface area (Å²) in [5.74, 6) is 2.02. The summed E-state index contributed by atoms with van der Waals surface area (Å²) in [6.07, 6.45) is 5.64. The number of hydrogen-bond donors (Lipinski definition) is 1. The van der Waals surface area contributed by atoms with Gasteiger partial charge in [-0.25, -0.2) is 0 Å². The normalized spacial score (nSPS) is 22.7. The first kappa shape index (κ1) is 16.8. The van der Waals surface area contributed by atoms with Gasteiger partial charge in [-0.05, 0) is 38.3 Å². The number of furan rings is 1. The van der Waals surface area contributed by atoms with Gasteiger partial charge in [-0.3, -0.25) is 9.58 Å².